The largest absolute Gasteiger partial charge is 0.412 e. The van der Waals surface area contributed by atoms with Crippen molar-refractivity contribution in [3.8, 4) is 0 Å². The first-order valence-electron chi connectivity index (χ1n) is 19.9. The summed E-state index contributed by atoms with van der Waals surface area (Å²) in [5.74, 6) is -0.518. The molecular formula is C46H55ClN2O7S2. The third-order valence-electron chi connectivity index (χ3n) is 12.2. The third kappa shape index (κ3) is 8.81. The van der Waals surface area contributed by atoms with Gasteiger partial charge in [-0.25, -0.2) is 0 Å². The van der Waals surface area contributed by atoms with Gasteiger partial charge in [-0.15, -0.1) is 0 Å². The lowest BCUT2D eigenvalue weighted by Gasteiger charge is -2.33. The molecule has 2 aliphatic heterocycles. The Morgan fingerprint density at radius 1 is 0.724 bits per heavy atom. The molecule has 1 unspecified atom stereocenters. The van der Waals surface area contributed by atoms with Gasteiger partial charge in [-0.3, -0.25) is 9.11 Å². The molecule has 310 valence electrons. The SMILES string of the molecule is CC1(C)C(=CC=C2CCCC(C=CC3N(CCCCS(=O)(=O)O)c4ccc5ccccc5c4C3(C)C)=C2Cl)N(CCCCS(=O)(=O)O)c2ccc3ccccc3c21.O. The zero-order valence-electron chi connectivity index (χ0n) is 33.7. The standard InChI is InChI=1S/C46H53ClN2O6S2.H2O/c1-45(2)40(48(28-9-11-30-56(50,51)52)38-24-20-32-14-5-7-18-36(32)42(38)45)26-22-34-16-13-17-35(44(34)47)23-27-41-46(3,4)43-37-19-8-6-15-33(37)21-25-39(43)49(41)29-10-12-31-57(53,54)55;/h5-8,14-15,18-27,40H,9-13,16-17,28-31H2,1-4H3,(H,50,51,52)(H,53,54,55);1H2. The van der Waals surface area contributed by atoms with Crippen LogP contribution in [0.2, 0.25) is 0 Å². The average Bonchev–Trinajstić information content (AvgIpc) is 3.51. The summed E-state index contributed by atoms with van der Waals surface area (Å²) in [5.41, 5.74) is 7.42. The van der Waals surface area contributed by atoms with E-state index in [9.17, 15) is 25.9 Å². The highest BCUT2D eigenvalue weighted by atomic mass is 35.5. The summed E-state index contributed by atoms with van der Waals surface area (Å²) in [4.78, 5) is 4.69. The Labute approximate surface area is 348 Å². The van der Waals surface area contributed by atoms with Gasteiger partial charge in [-0.1, -0.05) is 118 Å². The molecule has 0 fully saturated rings. The number of hydrogen-bond donors (Lipinski definition) is 2. The Kier molecular flexibility index (Phi) is 12.7. The molecule has 9 nitrogen and oxygen atoms in total. The number of unbranched alkanes of at least 4 members (excludes halogenated alkanes) is 2. The lowest BCUT2D eigenvalue weighted by Crippen LogP contribution is -2.40. The summed E-state index contributed by atoms with van der Waals surface area (Å²) >= 11 is 7.30. The summed E-state index contributed by atoms with van der Waals surface area (Å²) in [6.07, 6.45) is 13.4. The van der Waals surface area contributed by atoms with Crippen LogP contribution in [0.15, 0.2) is 119 Å². The van der Waals surface area contributed by atoms with E-state index in [0.717, 1.165) is 52.5 Å². The molecule has 4 aromatic carbocycles. The molecule has 0 spiro atoms. The van der Waals surface area contributed by atoms with Crippen molar-refractivity contribution in [3.63, 3.8) is 0 Å². The zero-order valence-corrected chi connectivity index (χ0v) is 36.1. The molecule has 58 heavy (non-hydrogen) atoms. The minimum Gasteiger partial charge on any atom is -0.412 e. The van der Waals surface area contributed by atoms with Crippen LogP contribution >= 0.6 is 11.6 Å². The Bertz CT molecular complexity index is 2560. The van der Waals surface area contributed by atoms with E-state index in [4.69, 9.17) is 11.6 Å². The van der Waals surface area contributed by atoms with Gasteiger partial charge in [0.05, 0.1) is 17.5 Å². The maximum atomic E-state index is 11.5. The van der Waals surface area contributed by atoms with Crippen molar-refractivity contribution in [2.75, 3.05) is 34.4 Å². The van der Waals surface area contributed by atoms with Crippen molar-refractivity contribution in [1.82, 2.24) is 0 Å². The van der Waals surface area contributed by atoms with Crippen molar-refractivity contribution in [2.45, 2.75) is 89.5 Å². The number of anilines is 2. The lowest BCUT2D eigenvalue weighted by molar-refractivity contribution is 0.468. The summed E-state index contributed by atoms with van der Waals surface area (Å²) in [6.45, 7) is 10.3. The molecule has 4 aromatic rings. The second kappa shape index (κ2) is 17.0. The normalized spacial score (nSPS) is 20.4. The van der Waals surface area contributed by atoms with Crippen LogP contribution in [0.1, 0.15) is 83.8 Å². The van der Waals surface area contributed by atoms with Crippen LogP contribution in [-0.2, 0) is 31.1 Å². The van der Waals surface area contributed by atoms with E-state index in [1.54, 1.807) is 0 Å². The fourth-order valence-corrected chi connectivity index (χ4v) is 10.9. The number of fused-ring (bicyclic) bond motifs is 6. The minimum absolute atomic E-state index is 0. The van der Waals surface area contributed by atoms with E-state index >= 15 is 0 Å². The number of halogens is 1. The first-order valence-corrected chi connectivity index (χ1v) is 23.5. The fraction of sp³-hybridized carbons (Fsp3) is 0.391. The molecule has 1 atom stereocenters. The van der Waals surface area contributed by atoms with E-state index in [0.29, 0.717) is 38.8 Å². The second-order valence-corrected chi connectivity index (χ2v) is 20.3. The van der Waals surface area contributed by atoms with Gasteiger partial charge in [0.15, 0.2) is 0 Å². The molecule has 2 heterocycles. The number of rotatable bonds is 13. The Morgan fingerprint density at radius 2 is 1.29 bits per heavy atom. The predicted molar refractivity (Wildman–Crippen MR) is 239 cm³/mol. The highest BCUT2D eigenvalue weighted by Crippen LogP contribution is 2.52. The number of allylic oxidation sites excluding steroid dienone is 7. The quantitative estimate of drug-likeness (QED) is 0.0999. The minimum atomic E-state index is -4.03. The third-order valence-corrected chi connectivity index (χ3v) is 14.2. The zero-order chi connectivity index (χ0) is 40.8. The molecule has 1 aliphatic carbocycles. The first-order chi connectivity index (χ1) is 27.0. The lowest BCUT2D eigenvalue weighted by atomic mass is 9.78. The van der Waals surface area contributed by atoms with Gasteiger partial charge in [0.25, 0.3) is 20.2 Å². The molecular weight excluding hydrogens is 792 g/mol. The topological polar surface area (TPSA) is 147 Å². The molecule has 0 amide bonds. The molecule has 4 N–H and O–H groups in total. The van der Waals surface area contributed by atoms with E-state index in [1.165, 1.54) is 32.7 Å². The Morgan fingerprint density at radius 3 is 1.91 bits per heavy atom. The van der Waals surface area contributed by atoms with Gasteiger partial charge >= 0.3 is 0 Å². The summed E-state index contributed by atoms with van der Waals surface area (Å²) in [6, 6.07) is 25.5. The first kappa shape index (κ1) is 43.6. The molecule has 0 saturated heterocycles. The summed E-state index contributed by atoms with van der Waals surface area (Å²) in [7, 11) is -8.06. The van der Waals surface area contributed by atoms with Crippen molar-refractivity contribution >= 4 is 64.8 Å². The second-order valence-electron chi connectivity index (χ2n) is 16.8. The van der Waals surface area contributed by atoms with Gasteiger partial charge < -0.3 is 15.3 Å². The smallest absolute Gasteiger partial charge is 0.264 e. The Hall–Kier alpha value is -3.97. The maximum absolute atomic E-state index is 11.5. The van der Waals surface area contributed by atoms with Gasteiger partial charge in [0, 0.05) is 46.0 Å². The fourth-order valence-electron chi connectivity index (χ4n) is 9.46. The van der Waals surface area contributed by atoms with Crippen molar-refractivity contribution in [2.24, 2.45) is 0 Å². The molecule has 3 aliphatic rings. The monoisotopic (exact) mass is 846 g/mol. The summed E-state index contributed by atoms with van der Waals surface area (Å²) < 4.78 is 64.7. The predicted octanol–water partition coefficient (Wildman–Crippen LogP) is 9.81. The molecule has 0 bridgehead atoms. The molecule has 0 aromatic heterocycles. The van der Waals surface area contributed by atoms with E-state index < -0.39 is 20.2 Å². The Balaban J connectivity index is 0.00000567. The number of nitrogens with zero attached hydrogens (tertiary/aromatic N) is 2. The number of benzene rings is 4. The average molecular weight is 848 g/mol. The van der Waals surface area contributed by atoms with Crippen molar-refractivity contribution in [3.05, 3.63) is 130 Å². The van der Waals surface area contributed by atoms with Gasteiger partial charge in [0.2, 0.25) is 0 Å². The highest BCUT2D eigenvalue weighted by Gasteiger charge is 2.44. The van der Waals surface area contributed by atoms with Crippen LogP contribution in [0.5, 0.6) is 0 Å². The van der Waals surface area contributed by atoms with E-state index in [-0.39, 0.29) is 33.9 Å². The van der Waals surface area contributed by atoms with Crippen LogP contribution in [0.3, 0.4) is 0 Å². The van der Waals surface area contributed by atoms with Crippen LogP contribution < -0.4 is 9.80 Å². The number of hydrogen-bond acceptors (Lipinski definition) is 6. The van der Waals surface area contributed by atoms with E-state index in [1.807, 2.05) is 6.07 Å². The van der Waals surface area contributed by atoms with Crippen LogP contribution in [-0.4, -0.2) is 62.1 Å². The van der Waals surface area contributed by atoms with Gasteiger partial charge in [-0.2, -0.15) is 16.8 Å². The molecule has 12 heteroatoms. The molecule has 0 saturated carbocycles. The maximum Gasteiger partial charge on any atom is 0.264 e. The molecule has 7 rings (SSSR count). The van der Waals surface area contributed by atoms with Gasteiger partial charge in [0.1, 0.15) is 0 Å². The summed E-state index contributed by atoms with van der Waals surface area (Å²) in [5, 5.41) is 5.51. The van der Waals surface area contributed by atoms with Crippen molar-refractivity contribution in [1.29, 1.82) is 0 Å². The highest BCUT2D eigenvalue weighted by molar-refractivity contribution is 7.86. The van der Waals surface area contributed by atoms with Crippen LogP contribution in [0, 0.1) is 0 Å². The van der Waals surface area contributed by atoms with E-state index in [2.05, 4.69) is 129 Å². The van der Waals surface area contributed by atoms with Crippen LogP contribution in [0.4, 0.5) is 11.4 Å². The van der Waals surface area contributed by atoms with Gasteiger partial charge in [-0.05, 0) is 107 Å². The molecule has 0 radical (unpaired) electrons. The van der Waals surface area contributed by atoms with Crippen LogP contribution in [0.25, 0.3) is 21.5 Å². The van der Waals surface area contributed by atoms with Crippen molar-refractivity contribution < 1.29 is 31.4 Å².